The second kappa shape index (κ2) is 15.2. The maximum atomic E-state index is 12.2. The van der Waals surface area contributed by atoms with Gasteiger partial charge < -0.3 is 19.7 Å². The number of rotatable bonds is 18. The minimum atomic E-state index is -3.42. The van der Waals surface area contributed by atoms with Crippen molar-refractivity contribution in [2.45, 2.75) is 62.7 Å². The van der Waals surface area contributed by atoms with Gasteiger partial charge in [-0.05, 0) is 73.1 Å². The maximum Gasteiger partial charge on any atom is 0.303 e. The fourth-order valence-electron chi connectivity index (χ4n) is 4.47. The van der Waals surface area contributed by atoms with E-state index >= 15 is 0 Å². The number of nitrogens with zero attached hydrogens (tertiary/aromatic N) is 2. The molecule has 1 aromatic heterocycles. The van der Waals surface area contributed by atoms with Crippen LogP contribution in [0.5, 0.6) is 11.5 Å². The molecule has 0 spiro atoms. The Morgan fingerprint density at radius 3 is 2.29 bits per heavy atom. The van der Waals surface area contributed by atoms with Gasteiger partial charge in [-0.2, -0.15) is 5.10 Å². The van der Waals surface area contributed by atoms with Crippen LogP contribution in [0.15, 0.2) is 53.7 Å². The molecule has 0 fully saturated rings. The first-order valence-corrected chi connectivity index (χ1v) is 15.6. The zero-order valence-electron chi connectivity index (χ0n) is 23.5. The van der Waals surface area contributed by atoms with E-state index in [1.54, 1.807) is 36.1 Å². The van der Waals surface area contributed by atoms with Crippen molar-refractivity contribution in [1.82, 2.24) is 9.78 Å². The summed E-state index contributed by atoms with van der Waals surface area (Å²) in [6.45, 7) is 0.704. The molecule has 0 amide bonds. The second-order valence-electron chi connectivity index (χ2n) is 10.0. The van der Waals surface area contributed by atoms with Gasteiger partial charge in [0.1, 0.15) is 11.5 Å². The maximum absolute atomic E-state index is 12.2. The summed E-state index contributed by atoms with van der Waals surface area (Å²) in [5, 5.41) is 22.2. The van der Waals surface area contributed by atoms with Gasteiger partial charge in [0.2, 0.25) is 0 Å². The van der Waals surface area contributed by atoms with E-state index in [2.05, 4.69) is 5.10 Å². The van der Waals surface area contributed by atoms with Crippen LogP contribution in [-0.4, -0.2) is 59.8 Å². The normalized spacial score (nSPS) is 11.4. The Morgan fingerprint density at radius 2 is 1.61 bits per heavy atom. The monoisotopic (exact) mass is 586 g/mol. The number of carbonyl (C=O) groups is 2. The molecule has 0 unspecified atom stereocenters. The number of hydrogen-bond acceptors (Lipinski definition) is 7. The summed E-state index contributed by atoms with van der Waals surface area (Å²) >= 11 is 0. The van der Waals surface area contributed by atoms with Gasteiger partial charge in [0.15, 0.2) is 9.84 Å². The van der Waals surface area contributed by atoms with E-state index in [4.69, 9.17) is 14.6 Å². The molecule has 11 heteroatoms. The molecule has 0 atom stereocenters. The number of hydrogen-bond donors (Lipinski definition) is 2. The van der Waals surface area contributed by atoms with E-state index < -0.39 is 21.8 Å². The van der Waals surface area contributed by atoms with Gasteiger partial charge in [0, 0.05) is 37.9 Å². The molecule has 0 saturated heterocycles. The Morgan fingerprint density at radius 1 is 0.878 bits per heavy atom. The van der Waals surface area contributed by atoms with Crippen LogP contribution in [0.1, 0.15) is 56.1 Å². The fourth-order valence-corrected chi connectivity index (χ4v) is 5.14. The SMILES string of the molecule is Cn1cc(-c2cc(OCCCCCCc3cccc(OCCCC(=O)O)c3CCC(=O)O)cc(S(C)(=O)=O)c2)cn1. The third-order valence-electron chi connectivity index (χ3n) is 6.57. The number of ether oxygens (including phenoxy) is 2. The summed E-state index contributed by atoms with van der Waals surface area (Å²) in [4.78, 5) is 22.2. The predicted octanol–water partition coefficient (Wildman–Crippen LogP) is 4.93. The Hall–Kier alpha value is -3.86. The standard InChI is InChI=1S/C30H38N2O8S/c1-32-21-24(20-31-32)23-17-25(19-26(18-23)41(2,37)38)39-15-6-4-3-5-9-22-10-7-11-28(27(22)13-14-30(35)36)40-16-8-12-29(33)34/h7,10-11,17-21H,3-6,8-9,12-16H2,1-2H3,(H,33,34)(H,35,36). The topological polar surface area (TPSA) is 145 Å². The molecule has 0 saturated carbocycles. The van der Waals surface area contributed by atoms with Gasteiger partial charge in [-0.1, -0.05) is 25.0 Å². The van der Waals surface area contributed by atoms with Gasteiger partial charge in [-0.15, -0.1) is 0 Å². The largest absolute Gasteiger partial charge is 0.494 e. The minimum Gasteiger partial charge on any atom is -0.494 e. The van der Waals surface area contributed by atoms with Crippen molar-refractivity contribution in [3.05, 3.63) is 59.9 Å². The van der Waals surface area contributed by atoms with Crippen molar-refractivity contribution in [3.8, 4) is 22.6 Å². The number of carboxylic acid groups (broad SMARTS) is 2. The number of benzene rings is 2. The number of aliphatic carboxylic acids is 2. The molecule has 2 aromatic carbocycles. The summed E-state index contributed by atoms with van der Waals surface area (Å²) in [6, 6.07) is 10.7. The van der Waals surface area contributed by atoms with Crippen LogP contribution in [0.4, 0.5) is 0 Å². The van der Waals surface area contributed by atoms with Gasteiger partial charge in [0.25, 0.3) is 0 Å². The predicted molar refractivity (Wildman–Crippen MR) is 154 cm³/mol. The van der Waals surface area contributed by atoms with E-state index in [1.807, 2.05) is 24.4 Å². The lowest BCUT2D eigenvalue weighted by molar-refractivity contribution is -0.138. The first-order valence-electron chi connectivity index (χ1n) is 13.7. The van der Waals surface area contributed by atoms with Crippen LogP contribution >= 0.6 is 0 Å². The highest BCUT2D eigenvalue weighted by atomic mass is 32.2. The molecular weight excluding hydrogens is 548 g/mol. The van der Waals surface area contributed by atoms with Crippen LogP contribution in [0, 0.1) is 0 Å². The third-order valence-corrected chi connectivity index (χ3v) is 7.66. The number of aryl methyl sites for hydroxylation is 2. The summed E-state index contributed by atoms with van der Waals surface area (Å²) in [5.41, 5.74) is 3.44. The van der Waals surface area contributed by atoms with E-state index in [9.17, 15) is 23.1 Å². The van der Waals surface area contributed by atoms with Gasteiger partial charge in [0.05, 0.1) is 24.3 Å². The Balaban J connectivity index is 1.52. The third kappa shape index (κ3) is 10.6. The molecule has 0 aliphatic heterocycles. The molecule has 0 bridgehead atoms. The highest BCUT2D eigenvalue weighted by Crippen LogP contribution is 2.29. The zero-order valence-corrected chi connectivity index (χ0v) is 24.4. The molecule has 0 aliphatic carbocycles. The second-order valence-corrected chi connectivity index (χ2v) is 12.0. The average molecular weight is 587 g/mol. The van der Waals surface area contributed by atoms with Crippen molar-refractivity contribution in [3.63, 3.8) is 0 Å². The van der Waals surface area contributed by atoms with E-state index in [0.717, 1.165) is 54.4 Å². The van der Waals surface area contributed by atoms with Crippen LogP contribution < -0.4 is 9.47 Å². The van der Waals surface area contributed by atoms with Crippen molar-refractivity contribution < 1.29 is 37.7 Å². The highest BCUT2D eigenvalue weighted by molar-refractivity contribution is 7.90. The number of aromatic nitrogens is 2. The average Bonchev–Trinajstić information content (AvgIpc) is 3.35. The number of sulfone groups is 1. The van der Waals surface area contributed by atoms with Crippen molar-refractivity contribution >= 4 is 21.8 Å². The van der Waals surface area contributed by atoms with Crippen molar-refractivity contribution in [2.75, 3.05) is 19.5 Å². The molecule has 2 N–H and O–H groups in total. The Kier molecular flexibility index (Phi) is 11.8. The van der Waals surface area contributed by atoms with Gasteiger partial charge >= 0.3 is 11.9 Å². The molecule has 222 valence electrons. The molecular formula is C30H38N2O8S. The van der Waals surface area contributed by atoms with Crippen molar-refractivity contribution in [1.29, 1.82) is 0 Å². The lowest BCUT2D eigenvalue weighted by atomic mass is 9.97. The Bertz CT molecular complexity index is 1430. The quantitative estimate of drug-likeness (QED) is 0.198. The molecule has 1 heterocycles. The van der Waals surface area contributed by atoms with E-state index in [1.165, 1.54) is 6.26 Å². The smallest absolute Gasteiger partial charge is 0.303 e. The minimum absolute atomic E-state index is 0.0110. The summed E-state index contributed by atoms with van der Waals surface area (Å²) in [5.74, 6) is -0.651. The molecule has 3 aromatic rings. The first-order chi connectivity index (χ1) is 19.5. The lowest BCUT2D eigenvalue weighted by Gasteiger charge is -2.15. The zero-order chi connectivity index (χ0) is 29.8. The number of carboxylic acids is 2. The van der Waals surface area contributed by atoms with Crippen LogP contribution in [0.25, 0.3) is 11.1 Å². The fraction of sp³-hybridized carbons (Fsp3) is 0.433. The van der Waals surface area contributed by atoms with Crippen molar-refractivity contribution in [2.24, 2.45) is 7.05 Å². The summed E-state index contributed by atoms with van der Waals surface area (Å²) in [6.07, 6.45) is 9.73. The number of unbranched alkanes of at least 4 members (excludes halogenated alkanes) is 3. The van der Waals surface area contributed by atoms with Crippen LogP contribution in [0.3, 0.4) is 0 Å². The molecule has 41 heavy (non-hydrogen) atoms. The lowest BCUT2D eigenvalue weighted by Crippen LogP contribution is -2.07. The molecule has 10 nitrogen and oxygen atoms in total. The van der Waals surface area contributed by atoms with Gasteiger partial charge in [-0.25, -0.2) is 8.42 Å². The highest BCUT2D eigenvalue weighted by Gasteiger charge is 2.14. The molecule has 0 radical (unpaired) electrons. The molecule has 3 rings (SSSR count). The van der Waals surface area contributed by atoms with E-state index in [0.29, 0.717) is 30.9 Å². The van der Waals surface area contributed by atoms with Crippen LogP contribution in [0.2, 0.25) is 0 Å². The Labute approximate surface area is 240 Å². The molecule has 0 aliphatic rings. The summed E-state index contributed by atoms with van der Waals surface area (Å²) in [7, 11) is -1.62. The first kappa shape index (κ1) is 31.7. The summed E-state index contributed by atoms with van der Waals surface area (Å²) < 4.78 is 37.8. The van der Waals surface area contributed by atoms with Crippen LogP contribution in [-0.2, 0) is 39.3 Å². The van der Waals surface area contributed by atoms with Gasteiger partial charge in [-0.3, -0.25) is 14.3 Å². The van der Waals surface area contributed by atoms with E-state index in [-0.39, 0.29) is 24.3 Å².